The highest BCUT2D eigenvalue weighted by molar-refractivity contribution is 7.89. The quantitative estimate of drug-likeness (QED) is 0.751. The Morgan fingerprint density at radius 2 is 1.83 bits per heavy atom. The number of carbonyl (C=O) groups is 1. The van der Waals surface area contributed by atoms with Crippen molar-refractivity contribution in [3.63, 3.8) is 0 Å². The summed E-state index contributed by atoms with van der Waals surface area (Å²) in [6, 6.07) is 6.45. The van der Waals surface area contributed by atoms with Crippen LogP contribution in [0, 0.1) is 5.82 Å². The number of piperazine rings is 1. The molecule has 7 heteroatoms. The fourth-order valence-corrected chi connectivity index (χ4v) is 4.40. The summed E-state index contributed by atoms with van der Waals surface area (Å²) < 4.78 is 39.3. The average Bonchev–Trinajstić information content (AvgIpc) is 2.59. The monoisotopic (exact) mass is 356 g/mol. The van der Waals surface area contributed by atoms with Gasteiger partial charge in [-0.15, -0.1) is 0 Å². The number of hydrogen-bond acceptors (Lipinski definition) is 3. The summed E-state index contributed by atoms with van der Waals surface area (Å²) in [6.45, 7) is 3.46. The molecule has 0 aromatic heterocycles. The van der Waals surface area contributed by atoms with Crippen LogP contribution in [0.1, 0.15) is 31.7 Å². The maximum atomic E-state index is 13.6. The van der Waals surface area contributed by atoms with E-state index in [-0.39, 0.29) is 23.9 Å². The lowest BCUT2D eigenvalue weighted by molar-refractivity contribution is -0.132. The van der Waals surface area contributed by atoms with E-state index in [0.29, 0.717) is 44.6 Å². The van der Waals surface area contributed by atoms with E-state index in [4.69, 9.17) is 0 Å². The van der Waals surface area contributed by atoms with Gasteiger partial charge in [0.1, 0.15) is 5.82 Å². The predicted molar refractivity (Wildman–Crippen MR) is 91.6 cm³/mol. The van der Waals surface area contributed by atoms with Gasteiger partial charge in [0.05, 0.1) is 5.75 Å². The van der Waals surface area contributed by atoms with Crippen LogP contribution in [0.2, 0.25) is 0 Å². The third-order valence-corrected chi connectivity index (χ3v) is 6.26. The maximum absolute atomic E-state index is 13.6. The molecular formula is C17H25FN2O3S. The highest BCUT2D eigenvalue weighted by Gasteiger charge is 2.28. The van der Waals surface area contributed by atoms with Crippen molar-refractivity contribution in [1.82, 2.24) is 9.21 Å². The fourth-order valence-electron chi connectivity index (χ4n) is 2.77. The largest absolute Gasteiger partial charge is 0.340 e. The summed E-state index contributed by atoms with van der Waals surface area (Å²) in [6.07, 6.45) is 2.10. The number of unbranched alkanes of at least 4 members (excludes halogenated alkanes) is 1. The van der Waals surface area contributed by atoms with E-state index in [2.05, 4.69) is 0 Å². The Morgan fingerprint density at radius 3 is 2.46 bits per heavy atom. The van der Waals surface area contributed by atoms with Crippen molar-refractivity contribution in [2.75, 3.05) is 31.9 Å². The van der Waals surface area contributed by atoms with Crippen LogP contribution in [0.5, 0.6) is 0 Å². The number of carbonyl (C=O) groups excluding carboxylic acids is 1. The van der Waals surface area contributed by atoms with Gasteiger partial charge in [0.2, 0.25) is 15.9 Å². The molecule has 0 unspecified atom stereocenters. The Hall–Kier alpha value is -1.47. The summed E-state index contributed by atoms with van der Waals surface area (Å²) >= 11 is 0. The van der Waals surface area contributed by atoms with Crippen molar-refractivity contribution in [2.45, 2.75) is 32.6 Å². The van der Waals surface area contributed by atoms with Crippen LogP contribution in [0.4, 0.5) is 4.39 Å². The van der Waals surface area contributed by atoms with E-state index < -0.39 is 10.0 Å². The molecule has 1 aliphatic heterocycles. The van der Waals surface area contributed by atoms with Gasteiger partial charge in [0, 0.05) is 32.6 Å². The van der Waals surface area contributed by atoms with Gasteiger partial charge in [0.25, 0.3) is 0 Å². The van der Waals surface area contributed by atoms with Crippen molar-refractivity contribution in [3.05, 3.63) is 35.6 Å². The number of aryl methyl sites for hydroxylation is 1. The molecular weight excluding hydrogens is 331 g/mol. The molecule has 0 N–H and O–H groups in total. The zero-order chi connectivity index (χ0) is 17.6. The molecule has 134 valence electrons. The number of hydrogen-bond donors (Lipinski definition) is 0. The minimum atomic E-state index is -3.21. The van der Waals surface area contributed by atoms with Crippen LogP contribution >= 0.6 is 0 Å². The van der Waals surface area contributed by atoms with Crippen molar-refractivity contribution < 1.29 is 17.6 Å². The van der Waals surface area contributed by atoms with Crippen molar-refractivity contribution in [3.8, 4) is 0 Å². The summed E-state index contributed by atoms with van der Waals surface area (Å²) in [4.78, 5) is 13.9. The first-order valence-corrected chi connectivity index (χ1v) is 10.0. The van der Waals surface area contributed by atoms with E-state index in [1.165, 1.54) is 10.4 Å². The van der Waals surface area contributed by atoms with E-state index in [1.54, 1.807) is 23.1 Å². The molecule has 2 rings (SSSR count). The first-order chi connectivity index (χ1) is 11.4. The lowest BCUT2D eigenvalue weighted by Crippen LogP contribution is -2.51. The van der Waals surface area contributed by atoms with Crippen LogP contribution in [-0.2, 0) is 21.2 Å². The van der Waals surface area contributed by atoms with Gasteiger partial charge >= 0.3 is 0 Å². The third kappa shape index (κ3) is 5.01. The number of sulfonamides is 1. The zero-order valence-corrected chi connectivity index (χ0v) is 14.9. The molecule has 1 aromatic carbocycles. The summed E-state index contributed by atoms with van der Waals surface area (Å²) in [7, 11) is -3.21. The second kappa shape index (κ2) is 8.58. The molecule has 0 bridgehead atoms. The van der Waals surface area contributed by atoms with Crippen LogP contribution in [0.3, 0.4) is 0 Å². The Balaban J connectivity index is 1.81. The first-order valence-electron chi connectivity index (χ1n) is 8.43. The second-order valence-electron chi connectivity index (χ2n) is 6.04. The SMILES string of the molecule is CCCCS(=O)(=O)N1CCN(C(=O)CCc2ccccc2F)CC1. The van der Waals surface area contributed by atoms with Gasteiger partial charge in [-0.2, -0.15) is 4.31 Å². The predicted octanol–water partition coefficient (Wildman–Crippen LogP) is 2.03. The molecule has 1 aliphatic rings. The molecule has 0 spiro atoms. The van der Waals surface area contributed by atoms with Gasteiger partial charge in [-0.05, 0) is 24.5 Å². The van der Waals surface area contributed by atoms with Gasteiger partial charge in [-0.25, -0.2) is 12.8 Å². The molecule has 1 fully saturated rings. The van der Waals surface area contributed by atoms with Crippen molar-refractivity contribution >= 4 is 15.9 Å². The summed E-state index contributed by atoms with van der Waals surface area (Å²) in [5, 5.41) is 0. The van der Waals surface area contributed by atoms with E-state index in [0.717, 1.165) is 6.42 Å². The molecule has 1 amide bonds. The molecule has 0 saturated carbocycles. The highest BCUT2D eigenvalue weighted by atomic mass is 32.2. The molecule has 1 heterocycles. The number of rotatable bonds is 7. The number of benzene rings is 1. The highest BCUT2D eigenvalue weighted by Crippen LogP contribution is 2.13. The molecule has 0 radical (unpaired) electrons. The Bertz CT molecular complexity index is 656. The third-order valence-electron chi connectivity index (χ3n) is 4.31. The molecule has 1 aromatic rings. The second-order valence-corrected chi connectivity index (χ2v) is 8.13. The smallest absolute Gasteiger partial charge is 0.222 e. The van der Waals surface area contributed by atoms with Crippen molar-refractivity contribution in [2.24, 2.45) is 0 Å². The van der Waals surface area contributed by atoms with E-state index in [9.17, 15) is 17.6 Å². The lowest BCUT2D eigenvalue weighted by Gasteiger charge is -2.34. The summed E-state index contributed by atoms with van der Waals surface area (Å²) in [5.41, 5.74) is 0.534. The van der Waals surface area contributed by atoms with Gasteiger partial charge in [-0.3, -0.25) is 4.79 Å². The topological polar surface area (TPSA) is 57.7 Å². The minimum absolute atomic E-state index is 0.0520. The zero-order valence-electron chi connectivity index (χ0n) is 14.1. The van der Waals surface area contributed by atoms with Crippen molar-refractivity contribution in [1.29, 1.82) is 0 Å². The molecule has 0 atom stereocenters. The molecule has 0 aliphatic carbocycles. The van der Waals surface area contributed by atoms with Crippen LogP contribution in [-0.4, -0.2) is 55.5 Å². The van der Waals surface area contributed by atoms with Gasteiger partial charge < -0.3 is 4.90 Å². The molecule has 1 saturated heterocycles. The Morgan fingerprint density at radius 1 is 1.17 bits per heavy atom. The Labute approximate surface area is 143 Å². The fraction of sp³-hybridized carbons (Fsp3) is 0.588. The van der Waals surface area contributed by atoms with E-state index in [1.807, 2.05) is 6.92 Å². The van der Waals surface area contributed by atoms with Crippen LogP contribution in [0.25, 0.3) is 0 Å². The van der Waals surface area contributed by atoms with E-state index >= 15 is 0 Å². The first kappa shape index (κ1) is 18.9. The molecule has 24 heavy (non-hydrogen) atoms. The number of amides is 1. The van der Waals surface area contributed by atoms with Gasteiger partial charge in [0.15, 0.2) is 0 Å². The maximum Gasteiger partial charge on any atom is 0.222 e. The lowest BCUT2D eigenvalue weighted by atomic mass is 10.1. The van der Waals surface area contributed by atoms with Crippen LogP contribution < -0.4 is 0 Å². The number of nitrogens with zero attached hydrogens (tertiary/aromatic N) is 2. The van der Waals surface area contributed by atoms with Crippen LogP contribution in [0.15, 0.2) is 24.3 Å². The van der Waals surface area contributed by atoms with Gasteiger partial charge in [-0.1, -0.05) is 31.5 Å². The average molecular weight is 356 g/mol. The summed E-state index contributed by atoms with van der Waals surface area (Å²) in [5.74, 6) is -0.175. The number of halogens is 1. The molecule has 5 nitrogen and oxygen atoms in total. The normalized spacial score (nSPS) is 16.3. The standard InChI is InChI=1S/C17H25FN2O3S/c1-2-3-14-24(22,23)20-12-10-19(11-13-20)17(21)9-8-15-6-4-5-7-16(15)18/h4-7H,2-3,8-14H2,1H3. The Kier molecular flexibility index (Phi) is 6.74. The minimum Gasteiger partial charge on any atom is -0.340 e.